The van der Waals surface area contributed by atoms with Crippen molar-refractivity contribution in [1.82, 2.24) is 0 Å². The molecule has 1 aromatic rings. The smallest absolute Gasteiger partial charge is 0.260 e. The first-order valence-corrected chi connectivity index (χ1v) is 9.43. The fraction of sp³-hybridized carbons (Fsp3) is 0.667. The van der Waals surface area contributed by atoms with Gasteiger partial charge in [-0.3, -0.25) is 20.2 Å². The van der Waals surface area contributed by atoms with E-state index in [0.717, 1.165) is 12.1 Å². The van der Waals surface area contributed by atoms with E-state index in [1.54, 1.807) is 0 Å². The van der Waals surface area contributed by atoms with E-state index in [2.05, 4.69) is 62.3 Å². The minimum atomic E-state index is -0.729. The van der Waals surface area contributed by atoms with E-state index in [1.165, 1.54) is 6.07 Å². The van der Waals surface area contributed by atoms with Crippen molar-refractivity contribution in [3.63, 3.8) is 0 Å². The number of nitro groups is 2. The van der Waals surface area contributed by atoms with Gasteiger partial charge < -0.3 is 0 Å². The van der Waals surface area contributed by atoms with E-state index in [4.69, 9.17) is 0 Å². The van der Waals surface area contributed by atoms with E-state index in [-0.39, 0.29) is 30.3 Å². The molecule has 0 bridgehead atoms. The Balaban J connectivity index is 0. The molecule has 0 fully saturated rings. The molecule has 6 nitrogen and oxygen atoms in total. The van der Waals surface area contributed by atoms with E-state index < -0.39 is 21.2 Å². The van der Waals surface area contributed by atoms with Gasteiger partial charge in [0.15, 0.2) is 11.4 Å². The van der Waals surface area contributed by atoms with Crippen molar-refractivity contribution in [1.29, 1.82) is 0 Å². The van der Waals surface area contributed by atoms with Gasteiger partial charge in [-0.15, -0.1) is 0 Å². The Bertz CT molecular complexity index is 554. The van der Waals surface area contributed by atoms with E-state index in [1.807, 2.05) is 6.07 Å². The number of non-ortho nitro benzene ring substituents is 2. The summed E-state index contributed by atoms with van der Waals surface area (Å²) in [4.78, 5) is 18.8. The summed E-state index contributed by atoms with van der Waals surface area (Å²) in [5.74, 6) is 0. The minimum Gasteiger partial charge on any atom is -0.260 e. The first kappa shape index (κ1) is 27.4. The predicted molar refractivity (Wildman–Crippen MR) is 105 cm³/mol. The molecular formula is C18H30AuN2O4P. The number of hydrogen-bond donors (Lipinski definition) is 0. The quantitative estimate of drug-likeness (QED) is 0.141. The second kappa shape index (κ2) is 9.93. The van der Waals surface area contributed by atoms with Gasteiger partial charge in [-0.2, -0.15) is 6.07 Å². The predicted octanol–water partition coefficient (Wildman–Crippen LogP) is 6.16. The molecule has 1 aromatic carbocycles. The van der Waals surface area contributed by atoms with Crippen LogP contribution in [0.1, 0.15) is 62.3 Å². The van der Waals surface area contributed by atoms with E-state index in [9.17, 15) is 20.2 Å². The average Bonchev–Trinajstić information content (AvgIpc) is 2.33. The van der Waals surface area contributed by atoms with Gasteiger partial charge in [0.2, 0.25) is 0 Å². The fourth-order valence-electron chi connectivity index (χ4n) is 3.68. The second-order valence-corrected chi connectivity index (χ2v) is 13.5. The number of rotatable bonds is 2. The molecule has 0 radical (unpaired) electrons. The summed E-state index contributed by atoms with van der Waals surface area (Å²) in [5, 5.41) is 21.6. The summed E-state index contributed by atoms with van der Waals surface area (Å²) in [6.07, 6.45) is 0. The Hall–Kier alpha value is -0.810. The molecule has 0 heterocycles. The monoisotopic (exact) mass is 566 g/mol. The molecule has 0 amide bonds. The maximum absolute atomic E-state index is 10.1. The van der Waals surface area contributed by atoms with Crippen LogP contribution < -0.4 is 0 Å². The summed E-state index contributed by atoms with van der Waals surface area (Å²) in [5.41, 5.74) is -0.798. The van der Waals surface area contributed by atoms with Crippen molar-refractivity contribution in [2.24, 2.45) is 0 Å². The van der Waals surface area contributed by atoms with Crippen LogP contribution in [0.5, 0.6) is 0 Å². The Kier molecular flexibility index (Phi) is 10.5. The summed E-state index contributed by atoms with van der Waals surface area (Å²) in [6, 6.07) is 5.58. The van der Waals surface area contributed by atoms with E-state index >= 15 is 0 Å². The third-order valence-electron chi connectivity index (χ3n) is 3.17. The molecule has 1 rings (SSSR count). The normalized spacial score (nSPS) is 11.9. The van der Waals surface area contributed by atoms with Gasteiger partial charge in [-0.25, -0.2) is 0 Å². The molecule has 0 spiro atoms. The molecule has 0 aliphatic rings. The van der Waals surface area contributed by atoms with E-state index in [0.29, 0.717) is 15.5 Å². The summed E-state index contributed by atoms with van der Waals surface area (Å²) in [6.45, 7) is 21.5. The van der Waals surface area contributed by atoms with Crippen molar-refractivity contribution in [3.05, 3.63) is 44.5 Å². The SMILES string of the molecule is CC(C)(C)P(C(C)(C)C)C(C)(C)C.O=[N+]([O-])c1[c-]c([N+](=O)[O-])ccc1.[Au+]. The molecule has 26 heavy (non-hydrogen) atoms. The molecule has 152 valence electrons. The van der Waals surface area contributed by atoms with Crippen LogP contribution in [0.15, 0.2) is 18.2 Å². The standard InChI is InChI=1S/C12H27P.C6H3N2O4.Au/c1-10(2,3)13(11(4,5)6)12(7,8)9;9-7(10)5-2-1-3-6(4-5)8(11)12;/h1-9H3;1-3H;/q;-1;+1. The molecule has 0 N–H and O–H groups in total. The molecule has 8 heteroatoms. The summed E-state index contributed by atoms with van der Waals surface area (Å²) >= 11 is 0. The third kappa shape index (κ3) is 9.22. The zero-order chi connectivity index (χ0) is 20.2. The van der Waals surface area contributed by atoms with Crippen LogP contribution in [0.3, 0.4) is 0 Å². The average molecular weight is 566 g/mol. The van der Waals surface area contributed by atoms with Crippen molar-refractivity contribution < 1.29 is 32.2 Å². The van der Waals surface area contributed by atoms with Gasteiger partial charge in [-0.1, -0.05) is 82.4 Å². The molecular weight excluding hydrogens is 536 g/mol. The number of nitro benzene ring substituents is 2. The van der Waals surface area contributed by atoms with Crippen LogP contribution >= 0.6 is 7.92 Å². The van der Waals surface area contributed by atoms with Gasteiger partial charge in [-0.05, 0) is 21.5 Å². The third-order valence-corrected chi connectivity index (χ3v) is 7.20. The Labute approximate surface area is 173 Å². The molecule has 0 aromatic heterocycles. The fourth-order valence-corrected chi connectivity index (χ4v) is 9.71. The maximum Gasteiger partial charge on any atom is 1.00 e. The Morgan fingerprint density at radius 2 is 1.04 bits per heavy atom. The summed E-state index contributed by atoms with van der Waals surface area (Å²) in [7, 11) is 0.0162. The number of hydrogen-bond acceptors (Lipinski definition) is 4. The maximum atomic E-state index is 10.1. The van der Waals surface area contributed by atoms with Crippen LogP contribution in [-0.2, 0) is 22.4 Å². The van der Waals surface area contributed by atoms with Gasteiger partial charge >= 0.3 is 22.4 Å². The van der Waals surface area contributed by atoms with Crippen LogP contribution in [-0.4, -0.2) is 25.3 Å². The molecule has 0 aliphatic carbocycles. The van der Waals surface area contributed by atoms with Crippen LogP contribution in [0, 0.1) is 26.3 Å². The summed E-state index contributed by atoms with van der Waals surface area (Å²) < 4.78 is 0. The van der Waals surface area contributed by atoms with Crippen molar-refractivity contribution in [2.75, 3.05) is 0 Å². The molecule has 0 saturated heterocycles. The van der Waals surface area contributed by atoms with Gasteiger partial charge in [0.05, 0.1) is 0 Å². The number of benzene rings is 1. The van der Waals surface area contributed by atoms with Gasteiger partial charge in [0.25, 0.3) is 0 Å². The zero-order valence-electron chi connectivity index (χ0n) is 17.0. The first-order chi connectivity index (χ1) is 11.0. The van der Waals surface area contributed by atoms with Crippen LogP contribution in [0.25, 0.3) is 0 Å². The van der Waals surface area contributed by atoms with Crippen molar-refractivity contribution >= 4 is 19.3 Å². The second-order valence-electron chi connectivity index (χ2n) is 8.78. The topological polar surface area (TPSA) is 86.3 Å². The molecule has 0 atom stereocenters. The first-order valence-electron chi connectivity index (χ1n) is 8.09. The van der Waals surface area contributed by atoms with Crippen molar-refractivity contribution in [3.8, 4) is 0 Å². The number of nitrogens with zero attached hydrogens (tertiary/aromatic N) is 2. The Morgan fingerprint density at radius 3 is 1.19 bits per heavy atom. The largest absolute Gasteiger partial charge is 1.00 e. The van der Waals surface area contributed by atoms with Crippen LogP contribution in [0.2, 0.25) is 0 Å². The van der Waals surface area contributed by atoms with Gasteiger partial charge in [0.1, 0.15) is 0 Å². The van der Waals surface area contributed by atoms with Crippen molar-refractivity contribution in [2.45, 2.75) is 77.8 Å². The van der Waals surface area contributed by atoms with Gasteiger partial charge in [0, 0.05) is 9.85 Å². The molecule has 0 aliphatic heterocycles. The molecule has 0 unspecified atom stereocenters. The Morgan fingerprint density at radius 1 is 0.769 bits per heavy atom. The zero-order valence-corrected chi connectivity index (χ0v) is 20.1. The minimum absolute atomic E-state index is 0. The van der Waals surface area contributed by atoms with Crippen LogP contribution in [0.4, 0.5) is 11.4 Å². The molecule has 0 saturated carbocycles.